The number of hydrogen-bond donors (Lipinski definition) is 0. The summed E-state index contributed by atoms with van der Waals surface area (Å²) in [6.45, 7) is 2.75. The van der Waals surface area contributed by atoms with Gasteiger partial charge in [-0.3, -0.25) is 0 Å². The van der Waals surface area contributed by atoms with E-state index in [1.807, 2.05) is 25.1 Å². The zero-order valence-electron chi connectivity index (χ0n) is 11.1. The monoisotopic (exact) mass is 287 g/mol. The largest absolute Gasteiger partial charge is 0.490 e. The number of aryl methyl sites for hydroxylation is 1. The minimum Gasteiger partial charge on any atom is -0.490 e. The van der Waals surface area contributed by atoms with Gasteiger partial charge in [-0.25, -0.2) is 0 Å². The molecule has 0 aliphatic heterocycles. The number of halogens is 1. The zero-order chi connectivity index (χ0) is 14.4. The summed E-state index contributed by atoms with van der Waals surface area (Å²) in [4.78, 5) is 0. The van der Waals surface area contributed by atoms with Gasteiger partial charge in [0.05, 0.1) is 16.7 Å². The van der Waals surface area contributed by atoms with Crippen LogP contribution < -0.4 is 9.47 Å². The van der Waals surface area contributed by atoms with Gasteiger partial charge in [0.2, 0.25) is 0 Å². The minimum absolute atomic E-state index is 0.388. The zero-order valence-corrected chi connectivity index (χ0v) is 11.9. The maximum Gasteiger partial charge on any atom is 0.138 e. The second-order valence-corrected chi connectivity index (χ2v) is 4.68. The van der Waals surface area contributed by atoms with Crippen LogP contribution in [-0.2, 0) is 0 Å². The van der Waals surface area contributed by atoms with Crippen molar-refractivity contribution in [2.24, 2.45) is 0 Å². The van der Waals surface area contributed by atoms with Crippen molar-refractivity contribution in [3.05, 3.63) is 58.6 Å². The highest BCUT2D eigenvalue weighted by Gasteiger charge is 2.02. The van der Waals surface area contributed by atoms with Crippen LogP contribution >= 0.6 is 11.6 Å². The first kappa shape index (κ1) is 14.2. The van der Waals surface area contributed by atoms with Crippen molar-refractivity contribution >= 4 is 11.6 Å². The molecule has 0 aliphatic rings. The Morgan fingerprint density at radius 1 is 1.10 bits per heavy atom. The fraction of sp³-hybridized carbons (Fsp3) is 0.188. The Balaban J connectivity index is 1.83. The van der Waals surface area contributed by atoms with Crippen LogP contribution in [0.3, 0.4) is 0 Å². The summed E-state index contributed by atoms with van der Waals surface area (Å²) in [5, 5.41) is 9.38. The quantitative estimate of drug-likeness (QED) is 0.781. The lowest BCUT2D eigenvalue weighted by molar-refractivity contribution is 0.217. The molecule has 0 aliphatic carbocycles. The number of benzene rings is 2. The van der Waals surface area contributed by atoms with Gasteiger partial charge in [-0.1, -0.05) is 23.7 Å². The molecular formula is C16H14ClNO2. The maximum absolute atomic E-state index is 8.79. The lowest BCUT2D eigenvalue weighted by atomic mass is 10.2. The van der Waals surface area contributed by atoms with Crippen molar-refractivity contribution in [3.8, 4) is 17.6 Å². The van der Waals surface area contributed by atoms with Gasteiger partial charge in [-0.05, 0) is 42.8 Å². The molecule has 0 bridgehead atoms. The average molecular weight is 288 g/mol. The Labute approximate surface area is 123 Å². The molecule has 0 fully saturated rings. The summed E-state index contributed by atoms with van der Waals surface area (Å²) in [5.74, 6) is 1.30. The van der Waals surface area contributed by atoms with Gasteiger partial charge >= 0.3 is 0 Å². The van der Waals surface area contributed by atoms with E-state index in [1.165, 1.54) is 0 Å². The van der Waals surface area contributed by atoms with Crippen molar-refractivity contribution in [2.75, 3.05) is 13.2 Å². The number of nitriles is 1. The highest BCUT2D eigenvalue weighted by Crippen LogP contribution is 2.25. The van der Waals surface area contributed by atoms with E-state index in [-0.39, 0.29) is 0 Å². The van der Waals surface area contributed by atoms with Crippen molar-refractivity contribution < 1.29 is 9.47 Å². The predicted molar refractivity (Wildman–Crippen MR) is 78.3 cm³/mol. The number of nitrogens with zero attached hydrogens (tertiary/aromatic N) is 1. The maximum atomic E-state index is 8.79. The molecule has 3 nitrogen and oxygen atoms in total. The summed E-state index contributed by atoms with van der Waals surface area (Å²) >= 11 is 6.06. The van der Waals surface area contributed by atoms with Crippen LogP contribution in [0.25, 0.3) is 0 Å². The summed E-state index contributed by atoms with van der Waals surface area (Å²) in [6, 6.07) is 14.7. The molecule has 0 heterocycles. The van der Waals surface area contributed by atoms with Crippen LogP contribution in [0.4, 0.5) is 0 Å². The van der Waals surface area contributed by atoms with Crippen LogP contribution in [0.2, 0.25) is 5.02 Å². The summed E-state index contributed by atoms with van der Waals surface area (Å²) < 4.78 is 11.1. The van der Waals surface area contributed by atoms with E-state index in [2.05, 4.69) is 6.07 Å². The number of hydrogen-bond acceptors (Lipinski definition) is 3. The van der Waals surface area contributed by atoms with Crippen LogP contribution in [0, 0.1) is 18.3 Å². The molecule has 0 spiro atoms. The summed E-state index contributed by atoms with van der Waals surface area (Å²) in [6.07, 6.45) is 0. The lowest BCUT2D eigenvalue weighted by Gasteiger charge is -2.10. The molecule has 0 saturated carbocycles. The van der Waals surface area contributed by atoms with Crippen LogP contribution in [-0.4, -0.2) is 13.2 Å². The SMILES string of the molecule is Cc1ccc(OCCOc2cccc(C#N)c2)c(Cl)c1. The highest BCUT2D eigenvalue weighted by molar-refractivity contribution is 6.32. The highest BCUT2D eigenvalue weighted by atomic mass is 35.5. The third-order valence-corrected chi connectivity index (χ3v) is 2.96. The van der Waals surface area contributed by atoms with Gasteiger partial charge in [-0.2, -0.15) is 5.26 Å². The van der Waals surface area contributed by atoms with Gasteiger partial charge in [0.25, 0.3) is 0 Å². The van der Waals surface area contributed by atoms with Crippen molar-refractivity contribution in [2.45, 2.75) is 6.92 Å². The van der Waals surface area contributed by atoms with Crippen molar-refractivity contribution in [1.82, 2.24) is 0 Å². The molecule has 0 saturated heterocycles. The molecule has 102 valence electrons. The van der Waals surface area contributed by atoms with E-state index >= 15 is 0 Å². The molecular weight excluding hydrogens is 274 g/mol. The second kappa shape index (κ2) is 6.83. The van der Waals surface area contributed by atoms with Crippen molar-refractivity contribution in [3.63, 3.8) is 0 Å². The third kappa shape index (κ3) is 3.91. The summed E-state index contributed by atoms with van der Waals surface area (Å²) in [5.41, 5.74) is 1.66. The van der Waals surface area contributed by atoms with Crippen LogP contribution in [0.5, 0.6) is 11.5 Å². The van der Waals surface area contributed by atoms with E-state index in [1.54, 1.807) is 24.3 Å². The topological polar surface area (TPSA) is 42.2 Å². The number of ether oxygens (including phenoxy) is 2. The Morgan fingerprint density at radius 2 is 1.90 bits per heavy atom. The molecule has 0 N–H and O–H groups in total. The number of rotatable bonds is 5. The second-order valence-electron chi connectivity index (χ2n) is 4.27. The molecule has 0 aromatic heterocycles. The lowest BCUT2D eigenvalue weighted by Crippen LogP contribution is -2.09. The van der Waals surface area contributed by atoms with Gasteiger partial charge < -0.3 is 9.47 Å². The molecule has 2 rings (SSSR count). The molecule has 0 amide bonds. The van der Waals surface area contributed by atoms with E-state index in [0.717, 1.165) is 5.56 Å². The first-order valence-electron chi connectivity index (χ1n) is 6.21. The van der Waals surface area contributed by atoms with E-state index < -0.39 is 0 Å². The molecule has 20 heavy (non-hydrogen) atoms. The molecule has 2 aromatic carbocycles. The molecule has 2 aromatic rings. The molecule has 0 atom stereocenters. The first-order valence-corrected chi connectivity index (χ1v) is 6.59. The Hall–Kier alpha value is -2.18. The fourth-order valence-electron chi connectivity index (χ4n) is 1.69. The molecule has 4 heteroatoms. The van der Waals surface area contributed by atoms with Gasteiger partial charge in [0, 0.05) is 0 Å². The van der Waals surface area contributed by atoms with E-state index in [4.69, 9.17) is 26.3 Å². The van der Waals surface area contributed by atoms with Gasteiger partial charge in [-0.15, -0.1) is 0 Å². The summed E-state index contributed by atoms with van der Waals surface area (Å²) in [7, 11) is 0. The Bertz CT molecular complexity index is 635. The normalized spacial score (nSPS) is 9.85. The Kier molecular flexibility index (Phi) is 4.86. The standard InChI is InChI=1S/C16H14ClNO2/c1-12-5-6-16(15(17)9-12)20-8-7-19-14-4-2-3-13(10-14)11-18/h2-6,9-10H,7-8H2,1H3. The third-order valence-electron chi connectivity index (χ3n) is 2.66. The van der Waals surface area contributed by atoms with E-state index in [9.17, 15) is 0 Å². The fourth-order valence-corrected chi connectivity index (χ4v) is 1.98. The van der Waals surface area contributed by atoms with Crippen LogP contribution in [0.15, 0.2) is 42.5 Å². The predicted octanol–water partition coefficient (Wildman–Crippen LogP) is 3.98. The smallest absolute Gasteiger partial charge is 0.138 e. The molecule has 0 radical (unpaired) electrons. The van der Waals surface area contributed by atoms with Gasteiger partial charge in [0.1, 0.15) is 24.7 Å². The average Bonchev–Trinajstić information content (AvgIpc) is 2.45. The van der Waals surface area contributed by atoms with Crippen molar-refractivity contribution in [1.29, 1.82) is 5.26 Å². The molecule has 0 unspecified atom stereocenters. The first-order chi connectivity index (χ1) is 9.69. The minimum atomic E-state index is 0.388. The van der Waals surface area contributed by atoms with E-state index in [0.29, 0.717) is 35.3 Å². The Morgan fingerprint density at radius 3 is 2.65 bits per heavy atom. The van der Waals surface area contributed by atoms with Gasteiger partial charge in [0.15, 0.2) is 0 Å². The van der Waals surface area contributed by atoms with Crippen LogP contribution in [0.1, 0.15) is 11.1 Å².